The SMILES string of the molecule is CNC(=O)Nc1cc(Cl)cc(C)c1OC. The zero-order valence-electron chi connectivity index (χ0n) is 8.85. The number of urea groups is 1. The lowest BCUT2D eigenvalue weighted by Crippen LogP contribution is -2.24. The van der Waals surface area contributed by atoms with Gasteiger partial charge in [0, 0.05) is 12.1 Å². The fourth-order valence-corrected chi connectivity index (χ4v) is 1.55. The first-order valence-corrected chi connectivity index (χ1v) is 4.79. The Labute approximate surface area is 93.6 Å². The van der Waals surface area contributed by atoms with Gasteiger partial charge in [0.1, 0.15) is 5.75 Å². The highest BCUT2D eigenvalue weighted by molar-refractivity contribution is 6.31. The Balaban J connectivity index is 3.09. The van der Waals surface area contributed by atoms with Crippen LogP contribution in [0.5, 0.6) is 5.75 Å². The minimum atomic E-state index is -0.310. The molecular weight excluding hydrogens is 216 g/mol. The Hall–Kier alpha value is -1.42. The van der Waals surface area contributed by atoms with E-state index in [1.807, 2.05) is 6.92 Å². The minimum absolute atomic E-state index is 0.310. The number of rotatable bonds is 2. The molecule has 2 N–H and O–H groups in total. The quantitative estimate of drug-likeness (QED) is 0.817. The lowest BCUT2D eigenvalue weighted by atomic mass is 10.2. The van der Waals surface area contributed by atoms with Gasteiger partial charge in [0.25, 0.3) is 0 Å². The molecule has 1 aromatic carbocycles. The normalized spacial score (nSPS) is 9.60. The van der Waals surface area contributed by atoms with Crippen molar-refractivity contribution in [2.24, 2.45) is 0 Å². The number of methoxy groups -OCH3 is 1. The molecule has 0 aromatic heterocycles. The maximum Gasteiger partial charge on any atom is 0.319 e. The molecule has 4 nitrogen and oxygen atoms in total. The third kappa shape index (κ3) is 2.76. The number of benzene rings is 1. The Kier molecular flexibility index (Phi) is 3.80. The number of halogens is 1. The van der Waals surface area contributed by atoms with E-state index < -0.39 is 0 Å². The number of aryl methyl sites for hydroxylation is 1. The van der Waals surface area contributed by atoms with Gasteiger partial charge in [-0.25, -0.2) is 4.79 Å². The predicted molar refractivity (Wildman–Crippen MR) is 60.8 cm³/mol. The van der Waals surface area contributed by atoms with Crippen LogP contribution in [-0.2, 0) is 0 Å². The Morgan fingerprint density at radius 1 is 1.47 bits per heavy atom. The summed E-state index contributed by atoms with van der Waals surface area (Å²) in [4.78, 5) is 11.2. The van der Waals surface area contributed by atoms with E-state index >= 15 is 0 Å². The van der Waals surface area contributed by atoms with E-state index in [1.165, 1.54) is 0 Å². The molecule has 1 aromatic rings. The molecular formula is C10H13ClN2O2. The number of carbonyl (C=O) groups is 1. The van der Waals surface area contributed by atoms with Crippen molar-refractivity contribution in [2.75, 3.05) is 19.5 Å². The highest BCUT2D eigenvalue weighted by Gasteiger charge is 2.10. The molecule has 15 heavy (non-hydrogen) atoms. The summed E-state index contributed by atoms with van der Waals surface area (Å²) in [6.07, 6.45) is 0. The number of amides is 2. The number of ether oxygens (including phenoxy) is 1. The lowest BCUT2D eigenvalue weighted by molar-refractivity contribution is 0.254. The predicted octanol–water partition coefficient (Wildman–Crippen LogP) is 2.41. The van der Waals surface area contributed by atoms with Crippen LogP contribution < -0.4 is 15.4 Å². The van der Waals surface area contributed by atoms with Crippen molar-refractivity contribution in [3.8, 4) is 5.75 Å². The monoisotopic (exact) mass is 228 g/mol. The first-order valence-electron chi connectivity index (χ1n) is 4.41. The molecule has 0 aliphatic heterocycles. The summed E-state index contributed by atoms with van der Waals surface area (Å²) >= 11 is 5.88. The number of hydrogen-bond donors (Lipinski definition) is 2. The van der Waals surface area contributed by atoms with E-state index in [-0.39, 0.29) is 6.03 Å². The highest BCUT2D eigenvalue weighted by Crippen LogP contribution is 2.31. The van der Waals surface area contributed by atoms with Gasteiger partial charge < -0.3 is 15.4 Å². The second-order valence-electron chi connectivity index (χ2n) is 3.01. The standard InChI is InChI=1S/C10H13ClN2O2/c1-6-4-7(11)5-8(9(6)15-3)13-10(14)12-2/h4-5H,1-3H3,(H2,12,13,14). The zero-order chi connectivity index (χ0) is 11.4. The number of carbonyl (C=O) groups excluding carboxylic acids is 1. The van der Waals surface area contributed by atoms with Gasteiger partial charge in [-0.2, -0.15) is 0 Å². The molecule has 5 heteroatoms. The topological polar surface area (TPSA) is 50.4 Å². The fraction of sp³-hybridized carbons (Fsp3) is 0.300. The zero-order valence-corrected chi connectivity index (χ0v) is 9.61. The van der Waals surface area contributed by atoms with Gasteiger partial charge >= 0.3 is 6.03 Å². The van der Waals surface area contributed by atoms with E-state index in [9.17, 15) is 4.79 Å². The first-order chi connectivity index (χ1) is 7.08. The summed E-state index contributed by atoms with van der Waals surface area (Å²) in [5.41, 5.74) is 1.43. The molecule has 0 saturated heterocycles. The third-order valence-electron chi connectivity index (χ3n) is 1.92. The summed E-state index contributed by atoms with van der Waals surface area (Å²) < 4.78 is 5.18. The van der Waals surface area contributed by atoms with Gasteiger partial charge in [-0.05, 0) is 24.6 Å². The van der Waals surface area contributed by atoms with Crippen LogP contribution in [0, 0.1) is 6.92 Å². The van der Waals surface area contributed by atoms with Crippen molar-refractivity contribution >= 4 is 23.3 Å². The molecule has 0 heterocycles. The summed E-state index contributed by atoms with van der Waals surface area (Å²) in [5, 5.41) is 5.64. The van der Waals surface area contributed by atoms with Crippen LogP contribution in [-0.4, -0.2) is 20.2 Å². The van der Waals surface area contributed by atoms with Gasteiger partial charge in [-0.3, -0.25) is 0 Å². The molecule has 2 amide bonds. The van der Waals surface area contributed by atoms with Gasteiger partial charge in [-0.15, -0.1) is 0 Å². The average Bonchev–Trinajstić information content (AvgIpc) is 2.17. The lowest BCUT2D eigenvalue weighted by Gasteiger charge is -2.12. The summed E-state index contributed by atoms with van der Waals surface area (Å²) in [7, 11) is 3.09. The fourth-order valence-electron chi connectivity index (χ4n) is 1.28. The van der Waals surface area contributed by atoms with E-state index in [1.54, 1.807) is 26.3 Å². The molecule has 0 aliphatic carbocycles. The molecule has 0 spiro atoms. The first kappa shape index (κ1) is 11.7. The number of nitrogens with one attached hydrogen (secondary N) is 2. The highest BCUT2D eigenvalue weighted by atomic mass is 35.5. The molecule has 1 rings (SSSR count). The molecule has 0 atom stereocenters. The van der Waals surface area contributed by atoms with Gasteiger partial charge in [0.2, 0.25) is 0 Å². The molecule has 0 aliphatic rings. The van der Waals surface area contributed by atoms with Crippen LogP contribution in [0.1, 0.15) is 5.56 Å². The second-order valence-corrected chi connectivity index (χ2v) is 3.44. The average molecular weight is 229 g/mol. The second kappa shape index (κ2) is 4.89. The van der Waals surface area contributed by atoms with Gasteiger partial charge in [0.15, 0.2) is 0 Å². The Morgan fingerprint density at radius 3 is 2.67 bits per heavy atom. The van der Waals surface area contributed by atoms with E-state index in [2.05, 4.69) is 10.6 Å². The van der Waals surface area contributed by atoms with Crippen molar-refractivity contribution < 1.29 is 9.53 Å². The van der Waals surface area contributed by atoms with Crippen LogP contribution in [0.25, 0.3) is 0 Å². The van der Waals surface area contributed by atoms with E-state index in [0.717, 1.165) is 5.56 Å². The van der Waals surface area contributed by atoms with Crippen molar-refractivity contribution in [1.29, 1.82) is 0 Å². The van der Waals surface area contributed by atoms with Gasteiger partial charge in [0.05, 0.1) is 12.8 Å². The van der Waals surface area contributed by atoms with Crippen LogP contribution in [0.15, 0.2) is 12.1 Å². The molecule has 0 radical (unpaired) electrons. The Bertz CT molecular complexity index is 380. The molecule has 82 valence electrons. The number of anilines is 1. The maximum atomic E-state index is 11.2. The molecule has 0 unspecified atom stereocenters. The van der Waals surface area contributed by atoms with E-state index in [4.69, 9.17) is 16.3 Å². The minimum Gasteiger partial charge on any atom is -0.494 e. The number of hydrogen-bond acceptors (Lipinski definition) is 2. The molecule has 0 saturated carbocycles. The van der Waals surface area contributed by atoms with Gasteiger partial charge in [-0.1, -0.05) is 11.6 Å². The third-order valence-corrected chi connectivity index (χ3v) is 2.14. The van der Waals surface area contributed by atoms with Crippen molar-refractivity contribution in [3.05, 3.63) is 22.7 Å². The summed E-state index contributed by atoms with van der Waals surface area (Å²) in [6, 6.07) is 3.10. The van der Waals surface area contributed by atoms with Crippen LogP contribution in [0.3, 0.4) is 0 Å². The summed E-state index contributed by atoms with van der Waals surface area (Å²) in [5.74, 6) is 0.614. The smallest absolute Gasteiger partial charge is 0.319 e. The molecule has 0 fully saturated rings. The Morgan fingerprint density at radius 2 is 2.13 bits per heavy atom. The van der Waals surface area contributed by atoms with Crippen LogP contribution in [0.4, 0.5) is 10.5 Å². The maximum absolute atomic E-state index is 11.2. The van der Waals surface area contributed by atoms with E-state index in [0.29, 0.717) is 16.5 Å². The van der Waals surface area contributed by atoms with Crippen molar-refractivity contribution in [3.63, 3.8) is 0 Å². The molecule has 0 bridgehead atoms. The van der Waals surface area contributed by atoms with Crippen molar-refractivity contribution in [2.45, 2.75) is 6.92 Å². The largest absolute Gasteiger partial charge is 0.494 e. The van der Waals surface area contributed by atoms with Crippen molar-refractivity contribution in [1.82, 2.24) is 5.32 Å². The van der Waals surface area contributed by atoms with Crippen LogP contribution >= 0.6 is 11.6 Å². The summed E-state index contributed by atoms with van der Waals surface area (Å²) in [6.45, 7) is 1.86. The van der Waals surface area contributed by atoms with Crippen LogP contribution in [0.2, 0.25) is 5.02 Å².